The van der Waals surface area contributed by atoms with Crippen molar-refractivity contribution >= 4 is 0 Å². The number of ether oxygens (including phenoxy) is 2. The lowest BCUT2D eigenvalue weighted by Crippen LogP contribution is -2.33. The molecule has 0 aliphatic carbocycles. The molecule has 16 heavy (non-hydrogen) atoms. The fraction of sp³-hybridized carbons (Fsp3) is 0.857. The van der Waals surface area contributed by atoms with Crippen molar-refractivity contribution in [2.75, 3.05) is 13.2 Å². The van der Waals surface area contributed by atoms with Gasteiger partial charge in [0.15, 0.2) is 0 Å². The standard InChI is InChI=1S/C14H28O2/c1-8-9-15-11-12(10-13(2,3)4)16-14(5,6)7/h8,12H,1,9-11H2,2-7H3. The van der Waals surface area contributed by atoms with E-state index in [1.807, 2.05) is 0 Å². The van der Waals surface area contributed by atoms with Crippen LogP contribution in [0, 0.1) is 5.41 Å². The fourth-order valence-electron chi connectivity index (χ4n) is 1.60. The number of hydrogen-bond acceptors (Lipinski definition) is 2. The average molecular weight is 228 g/mol. The minimum absolute atomic E-state index is 0.118. The molecule has 0 aromatic rings. The molecule has 0 fully saturated rings. The number of rotatable bonds is 6. The second-order valence-corrected chi connectivity index (χ2v) is 6.44. The molecule has 1 unspecified atom stereocenters. The van der Waals surface area contributed by atoms with Crippen molar-refractivity contribution < 1.29 is 9.47 Å². The van der Waals surface area contributed by atoms with Crippen LogP contribution in [0.25, 0.3) is 0 Å². The van der Waals surface area contributed by atoms with E-state index in [9.17, 15) is 0 Å². The van der Waals surface area contributed by atoms with Crippen LogP contribution in [0.1, 0.15) is 48.0 Å². The van der Waals surface area contributed by atoms with Crippen molar-refractivity contribution in [1.82, 2.24) is 0 Å². The van der Waals surface area contributed by atoms with Crippen molar-refractivity contribution in [3.05, 3.63) is 12.7 Å². The highest BCUT2D eigenvalue weighted by atomic mass is 16.5. The maximum absolute atomic E-state index is 6.00. The zero-order chi connectivity index (χ0) is 12.8. The topological polar surface area (TPSA) is 18.5 Å². The van der Waals surface area contributed by atoms with E-state index in [-0.39, 0.29) is 17.1 Å². The van der Waals surface area contributed by atoms with Gasteiger partial charge in [0.25, 0.3) is 0 Å². The Balaban J connectivity index is 4.22. The van der Waals surface area contributed by atoms with Crippen LogP contribution in [0.4, 0.5) is 0 Å². The van der Waals surface area contributed by atoms with Gasteiger partial charge in [-0.3, -0.25) is 0 Å². The summed E-state index contributed by atoms with van der Waals surface area (Å²) in [5, 5.41) is 0. The van der Waals surface area contributed by atoms with Gasteiger partial charge in [-0.25, -0.2) is 0 Å². The van der Waals surface area contributed by atoms with Gasteiger partial charge in [-0.15, -0.1) is 6.58 Å². The van der Waals surface area contributed by atoms with E-state index in [4.69, 9.17) is 9.47 Å². The second kappa shape index (κ2) is 6.41. The molecule has 0 N–H and O–H groups in total. The Kier molecular flexibility index (Phi) is 6.27. The fourth-order valence-corrected chi connectivity index (χ4v) is 1.60. The lowest BCUT2D eigenvalue weighted by atomic mass is 9.89. The summed E-state index contributed by atoms with van der Waals surface area (Å²) in [6.45, 7) is 17.8. The van der Waals surface area contributed by atoms with Crippen molar-refractivity contribution in [1.29, 1.82) is 0 Å². The molecule has 0 bridgehead atoms. The van der Waals surface area contributed by atoms with Crippen LogP contribution in [-0.4, -0.2) is 24.9 Å². The van der Waals surface area contributed by atoms with Crippen LogP contribution >= 0.6 is 0 Å². The Bertz CT molecular complexity index is 180. The lowest BCUT2D eigenvalue weighted by molar-refractivity contribution is -0.102. The minimum atomic E-state index is -0.118. The minimum Gasteiger partial charge on any atom is -0.375 e. The average Bonchev–Trinajstić information content (AvgIpc) is 1.97. The van der Waals surface area contributed by atoms with E-state index < -0.39 is 0 Å². The monoisotopic (exact) mass is 228 g/mol. The Morgan fingerprint density at radius 3 is 2.06 bits per heavy atom. The molecular formula is C14H28O2. The van der Waals surface area contributed by atoms with Crippen molar-refractivity contribution in [3.63, 3.8) is 0 Å². The maximum Gasteiger partial charge on any atom is 0.0820 e. The van der Waals surface area contributed by atoms with Gasteiger partial charge in [-0.1, -0.05) is 26.8 Å². The first-order chi connectivity index (χ1) is 7.14. The molecule has 0 saturated heterocycles. The zero-order valence-corrected chi connectivity index (χ0v) is 11.8. The van der Waals surface area contributed by atoms with Crippen LogP contribution in [0.5, 0.6) is 0 Å². The molecule has 0 aliphatic rings. The summed E-state index contributed by atoms with van der Waals surface area (Å²) in [7, 11) is 0. The van der Waals surface area contributed by atoms with Gasteiger partial charge >= 0.3 is 0 Å². The molecule has 0 rings (SSSR count). The highest BCUT2D eigenvalue weighted by Crippen LogP contribution is 2.25. The van der Waals surface area contributed by atoms with E-state index in [1.54, 1.807) is 6.08 Å². The third kappa shape index (κ3) is 10.2. The molecule has 0 heterocycles. The van der Waals surface area contributed by atoms with Crippen LogP contribution in [0.2, 0.25) is 0 Å². The van der Waals surface area contributed by atoms with Crippen molar-refractivity contribution in [2.24, 2.45) is 5.41 Å². The highest BCUT2D eigenvalue weighted by Gasteiger charge is 2.24. The van der Waals surface area contributed by atoms with Gasteiger partial charge in [-0.2, -0.15) is 0 Å². The molecule has 96 valence electrons. The van der Waals surface area contributed by atoms with Gasteiger partial charge in [0.1, 0.15) is 0 Å². The maximum atomic E-state index is 6.00. The van der Waals surface area contributed by atoms with Crippen molar-refractivity contribution in [3.8, 4) is 0 Å². The van der Waals surface area contributed by atoms with Crippen molar-refractivity contribution in [2.45, 2.75) is 59.7 Å². The molecule has 0 amide bonds. The first-order valence-electron chi connectivity index (χ1n) is 6.00. The molecule has 2 nitrogen and oxygen atoms in total. The van der Waals surface area contributed by atoms with E-state index >= 15 is 0 Å². The highest BCUT2D eigenvalue weighted by molar-refractivity contribution is 4.74. The Hall–Kier alpha value is -0.340. The Labute approximate surface area is 101 Å². The van der Waals surface area contributed by atoms with E-state index in [0.717, 1.165) is 6.42 Å². The molecule has 1 atom stereocenters. The summed E-state index contributed by atoms with van der Waals surface area (Å²) in [6.07, 6.45) is 2.92. The van der Waals surface area contributed by atoms with Crippen LogP contribution in [-0.2, 0) is 9.47 Å². The molecule has 2 heteroatoms. The van der Waals surface area contributed by atoms with Crippen LogP contribution in [0.3, 0.4) is 0 Å². The van der Waals surface area contributed by atoms with Crippen LogP contribution in [0.15, 0.2) is 12.7 Å². The summed E-state index contributed by atoms with van der Waals surface area (Å²) >= 11 is 0. The van der Waals surface area contributed by atoms with Gasteiger partial charge in [0, 0.05) is 0 Å². The predicted octanol–water partition coefficient (Wildman–Crippen LogP) is 3.81. The first-order valence-corrected chi connectivity index (χ1v) is 6.00. The molecule has 0 saturated carbocycles. The number of hydrogen-bond donors (Lipinski definition) is 0. The predicted molar refractivity (Wildman–Crippen MR) is 69.7 cm³/mol. The molecule has 0 aromatic carbocycles. The summed E-state index contributed by atoms with van der Waals surface area (Å²) in [5.74, 6) is 0. The summed E-state index contributed by atoms with van der Waals surface area (Å²) < 4.78 is 11.5. The molecule has 0 spiro atoms. The molecule has 0 radical (unpaired) electrons. The van der Waals surface area contributed by atoms with E-state index in [1.165, 1.54) is 0 Å². The summed E-state index contributed by atoms with van der Waals surface area (Å²) in [4.78, 5) is 0. The SMILES string of the molecule is C=CCOCC(CC(C)(C)C)OC(C)(C)C. The molecular weight excluding hydrogens is 200 g/mol. The largest absolute Gasteiger partial charge is 0.375 e. The van der Waals surface area contributed by atoms with Gasteiger partial charge in [0.2, 0.25) is 0 Å². The summed E-state index contributed by atoms with van der Waals surface area (Å²) in [6, 6.07) is 0. The van der Waals surface area contributed by atoms with E-state index in [2.05, 4.69) is 48.1 Å². The Morgan fingerprint density at radius 1 is 1.12 bits per heavy atom. The third-order valence-electron chi connectivity index (χ3n) is 1.90. The quantitative estimate of drug-likeness (QED) is 0.508. The van der Waals surface area contributed by atoms with Gasteiger partial charge < -0.3 is 9.47 Å². The normalized spacial score (nSPS) is 14.9. The first kappa shape index (κ1) is 15.7. The third-order valence-corrected chi connectivity index (χ3v) is 1.90. The molecule has 0 aromatic heterocycles. The van der Waals surface area contributed by atoms with Gasteiger partial charge in [0.05, 0.1) is 24.9 Å². The second-order valence-electron chi connectivity index (χ2n) is 6.44. The summed E-state index contributed by atoms with van der Waals surface area (Å²) in [5.41, 5.74) is 0.140. The van der Waals surface area contributed by atoms with E-state index in [0.29, 0.717) is 13.2 Å². The van der Waals surface area contributed by atoms with Crippen LogP contribution < -0.4 is 0 Å². The smallest absolute Gasteiger partial charge is 0.0820 e. The molecule has 0 aliphatic heterocycles. The van der Waals surface area contributed by atoms with Gasteiger partial charge in [-0.05, 0) is 32.6 Å². The lowest BCUT2D eigenvalue weighted by Gasteiger charge is -2.31. The zero-order valence-electron chi connectivity index (χ0n) is 11.8. The Morgan fingerprint density at radius 2 is 1.69 bits per heavy atom.